The van der Waals surface area contributed by atoms with Crippen LogP contribution in [0.4, 0.5) is 20.2 Å². The van der Waals surface area contributed by atoms with E-state index < -0.39 is 22.8 Å². The van der Waals surface area contributed by atoms with Gasteiger partial charge in [-0.3, -0.25) is 9.59 Å². The molecule has 0 spiro atoms. The van der Waals surface area contributed by atoms with Crippen LogP contribution in [0.1, 0.15) is 21.2 Å². The molecule has 0 aromatic heterocycles. The van der Waals surface area contributed by atoms with Crippen molar-refractivity contribution in [1.82, 2.24) is 0 Å². The van der Waals surface area contributed by atoms with E-state index in [9.17, 15) is 18.4 Å². The lowest BCUT2D eigenvalue weighted by Gasteiger charge is -2.17. The number of carbonyl (C=O) groups excluding carboxylic acids is 2. The first kappa shape index (κ1) is 24.4. The minimum absolute atomic E-state index is 0.0485. The van der Waals surface area contributed by atoms with Crippen LogP contribution >= 0.6 is 23.4 Å². The van der Waals surface area contributed by atoms with E-state index in [1.165, 1.54) is 48.2 Å². The summed E-state index contributed by atoms with van der Waals surface area (Å²) in [7, 11) is 0. The minimum atomic E-state index is -0.612. The average Bonchev–Trinajstić information content (AvgIpc) is 2.86. The van der Waals surface area contributed by atoms with E-state index >= 15 is 0 Å². The lowest BCUT2D eigenvalue weighted by atomic mass is 10.1. The zero-order valence-electron chi connectivity index (χ0n) is 18.2. The van der Waals surface area contributed by atoms with Crippen LogP contribution in [-0.2, 0) is 4.79 Å². The molecule has 4 aromatic rings. The summed E-state index contributed by atoms with van der Waals surface area (Å²) < 4.78 is 27.3. The van der Waals surface area contributed by atoms with Crippen molar-refractivity contribution < 1.29 is 18.4 Å². The second-order valence-electron chi connectivity index (χ2n) is 7.49. The van der Waals surface area contributed by atoms with Crippen LogP contribution in [0.15, 0.2) is 102 Å². The maximum absolute atomic E-state index is 13.9. The summed E-state index contributed by atoms with van der Waals surface area (Å²) in [6, 6.07) is 25.8. The molecule has 0 saturated heterocycles. The Hall–Kier alpha value is -3.68. The number of benzene rings is 4. The summed E-state index contributed by atoms with van der Waals surface area (Å²) in [6.07, 6.45) is 0. The summed E-state index contributed by atoms with van der Waals surface area (Å²) >= 11 is 7.15. The number of rotatable bonds is 7. The van der Waals surface area contributed by atoms with Crippen LogP contribution in [0.3, 0.4) is 0 Å². The second kappa shape index (κ2) is 11.2. The molecule has 176 valence electrons. The zero-order chi connectivity index (χ0) is 24.8. The van der Waals surface area contributed by atoms with Crippen molar-refractivity contribution in [2.24, 2.45) is 0 Å². The van der Waals surface area contributed by atoms with Gasteiger partial charge in [0, 0.05) is 16.3 Å². The Bertz CT molecular complexity index is 1350. The standard InChI is InChI=1S/C27H19ClF2N2O2S/c28-22-16-19(12-15-24(22)30)32-27(34)25(17-6-2-1-3-7-17)35-20-13-10-18(11-14-20)31-26(33)21-8-4-5-9-23(21)29/h1-16,25H,(H,31,33)(H,32,34). The van der Waals surface area contributed by atoms with Crippen molar-refractivity contribution in [1.29, 1.82) is 0 Å². The molecule has 0 bridgehead atoms. The van der Waals surface area contributed by atoms with Gasteiger partial charge >= 0.3 is 0 Å². The molecule has 4 rings (SSSR count). The maximum Gasteiger partial charge on any atom is 0.258 e. The summed E-state index contributed by atoms with van der Waals surface area (Å²) in [6.45, 7) is 0. The first-order chi connectivity index (χ1) is 16.9. The van der Waals surface area contributed by atoms with Gasteiger partial charge in [0.2, 0.25) is 5.91 Å². The molecule has 0 radical (unpaired) electrons. The molecule has 0 fully saturated rings. The molecule has 0 aliphatic carbocycles. The van der Waals surface area contributed by atoms with Crippen LogP contribution in [-0.4, -0.2) is 11.8 Å². The van der Waals surface area contributed by atoms with E-state index in [1.807, 2.05) is 30.3 Å². The quantitative estimate of drug-likeness (QED) is 0.257. The topological polar surface area (TPSA) is 58.2 Å². The number of hydrogen-bond acceptors (Lipinski definition) is 3. The van der Waals surface area contributed by atoms with Gasteiger partial charge in [0.05, 0.1) is 10.6 Å². The third kappa shape index (κ3) is 6.26. The number of amides is 2. The molecule has 4 aromatic carbocycles. The van der Waals surface area contributed by atoms with Crippen molar-refractivity contribution in [3.63, 3.8) is 0 Å². The highest BCUT2D eigenvalue weighted by Gasteiger charge is 2.22. The van der Waals surface area contributed by atoms with E-state index in [0.717, 1.165) is 10.5 Å². The van der Waals surface area contributed by atoms with E-state index in [0.29, 0.717) is 11.4 Å². The van der Waals surface area contributed by atoms with Gasteiger partial charge in [-0.2, -0.15) is 0 Å². The normalized spacial score (nSPS) is 11.5. The van der Waals surface area contributed by atoms with Gasteiger partial charge in [0.1, 0.15) is 16.9 Å². The molecule has 2 N–H and O–H groups in total. The lowest BCUT2D eigenvalue weighted by Crippen LogP contribution is -2.19. The lowest BCUT2D eigenvalue weighted by molar-refractivity contribution is -0.115. The highest BCUT2D eigenvalue weighted by Crippen LogP contribution is 2.37. The fraction of sp³-hybridized carbons (Fsp3) is 0.0370. The molecule has 0 aliphatic rings. The van der Waals surface area contributed by atoms with Gasteiger partial charge < -0.3 is 10.6 Å². The van der Waals surface area contributed by atoms with Crippen molar-refractivity contribution in [3.8, 4) is 0 Å². The van der Waals surface area contributed by atoms with Crippen LogP contribution in [0, 0.1) is 11.6 Å². The summed E-state index contributed by atoms with van der Waals surface area (Å²) in [5, 5.41) is 4.76. The van der Waals surface area contributed by atoms with Gasteiger partial charge in [-0.05, 0) is 60.2 Å². The number of halogens is 3. The van der Waals surface area contributed by atoms with Gasteiger partial charge in [-0.1, -0.05) is 54.1 Å². The SMILES string of the molecule is O=C(Nc1ccc(SC(C(=O)Nc2ccc(F)c(Cl)c2)c2ccccc2)cc1)c1ccccc1F. The number of thioether (sulfide) groups is 1. The third-order valence-corrected chi connectivity index (χ3v) is 6.57. The maximum atomic E-state index is 13.9. The number of carbonyl (C=O) groups is 2. The van der Waals surface area contributed by atoms with Gasteiger partial charge in [-0.15, -0.1) is 11.8 Å². The van der Waals surface area contributed by atoms with Gasteiger partial charge in [0.15, 0.2) is 0 Å². The highest BCUT2D eigenvalue weighted by molar-refractivity contribution is 8.00. The third-order valence-electron chi connectivity index (χ3n) is 5.01. The predicted octanol–water partition coefficient (Wildman–Crippen LogP) is 7.34. The molecular weight excluding hydrogens is 490 g/mol. The summed E-state index contributed by atoms with van der Waals surface area (Å²) in [5.41, 5.74) is 1.60. The fourth-order valence-corrected chi connectivity index (χ4v) is 4.48. The number of nitrogens with one attached hydrogen (secondary N) is 2. The Morgan fingerprint density at radius 2 is 1.40 bits per heavy atom. The fourth-order valence-electron chi connectivity index (χ4n) is 3.28. The Morgan fingerprint density at radius 3 is 2.09 bits per heavy atom. The number of anilines is 2. The molecule has 2 amide bonds. The highest BCUT2D eigenvalue weighted by atomic mass is 35.5. The van der Waals surface area contributed by atoms with Crippen molar-refractivity contribution in [2.75, 3.05) is 10.6 Å². The molecule has 1 unspecified atom stereocenters. The molecule has 4 nitrogen and oxygen atoms in total. The van der Waals surface area contributed by atoms with Crippen LogP contribution < -0.4 is 10.6 Å². The van der Waals surface area contributed by atoms with Crippen LogP contribution in [0.2, 0.25) is 5.02 Å². The van der Waals surface area contributed by atoms with Gasteiger partial charge in [-0.25, -0.2) is 8.78 Å². The van der Waals surface area contributed by atoms with Crippen LogP contribution in [0.25, 0.3) is 0 Å². The molecule has 8 heteroatoms. The summed E-state index contributed by atoms with van der Waals surface area (Å²) in [4.78, 5) is 26.3. The molecule has 0 aliphatic heterocycles. The van der Waals surface area contributed by atoms with E-state index in [4.69, 9.17) is 11.6 Å². The Morgan fingerprint density at radius 1 is 0.743 bits per heavy atom. The average molecular weight is 509 g/mol. The molecule has 1 atom stereocenters. The smallest absolute Gasteiger partial charge is 0.258 e. The van der Waals surface area contributed by atoms with E-state index in [-0.39, 0.29) is 16.5 Å². The molecule has 0 heterocycles. The predicted molar refractivity (Wildman–Crippen MR) is 136 cm³/mol. The van der Waals surface area contributed by atoms with Crippen LogP contribution in [0.5, 0.6) is 0 Å². The summed E-state index contributed by atoms with van der Waals surface area (Å²) in [5.74, 6) is -2.03. The monoisotopic (exact) mass is 508 g/mol. The Kier molecular flexibility index (Phi) is 7.80. The van der Waals surface area contributed by atoms with E-state index in [1.54, 1.807) is 30.3 Å². The largest absolute Gasteiger partial charge is 0.325 e. The van der Waals surface area contributed by atoms with Crippen molar-refractivity contribution in [3.05, 3.63) is 125 Å². The number of hydrogen-bond donors (Lipinski definition) is 2. The van der Waals surface area contributed by atoms with Crippen molar-refractivity contribution >= 4 is 46.6 Å². The first-order valence-electron chi connectivity index (χ1n) is 10.5. The second-order valence-corrected chi connectivity index (χ2v) is 9.07. The molecular formula is C27H19ClF2N2O2S. The Labute approximate surface area is 210 Å². The van der Waals surface area contributed by atoms with Crippen molar-refractivity contribution in [2.45, 2.75) is 10.1 Å². The first-order valence-corrected chi connectivity index (χ1v) is 11.8. The van der Waals surface area contributed by atoms with E-state index in [2.05, 4.69) is 10.6 Å². The Balaban J connectivity index is 1.50. The zero-order valence-corrected chi connectivity index (χ0v) is 19.7. The molecule has 0 saturated carbocycles. The van der Waals surface area contributed by atoms with Gasteiger partial charge in [0.25, 0.3) is 5.91 Å². The minimum Gasteiger partial charge on any atom is -0.325 e. The molecule has 35 heavy (non-hydrogen) atoms.